The highest BCUT2D eigenvalue weighted by Crippen LogP contribution is 2.30. The molecule has 0 aromatic heterocycles. The molecular formula is C26H30N2O4. The average molecular weight is 435 g/mol. The Morgan fingerprint density at radius 2 is 1.75 bits per heavy atom. The fraction of sp³-hybridized carbons (Fsp3) is 0.308. The first-order chi connectivity index (χ1) is 15.5. The molecule has 0 fully saturated rings. The molecule has 0 saturated heterocycles. The maximum atomic E-state index is 12.4. The number of methoxy groups -OCH3 is 1. The first kappa shape index (κ1) is 23.1. The lowest BCUT2D eigenvalue weighted by molar-refractivity contribution is -0.126. The minimum Gasteiger partial charge on any atom is -0.493 e. The van der Waals surface area contributed by atoms with Crippen molar-refractivity contribution in [3.05, 3.63) is 71.8 Å². The summed E-state index contributed by atoms with van der Waals surface area (Å²) in [5.41, 5.74) is 1.83. The molecule has 0 saturated carbocycles. The number of ether oxygens (including phenoxy) is 2. The predicted molar refractivity (Wildman–Crippen MR) is 126 cm³/mol. The molecule has 3 aromatic rings. The van der Waals surface area contributed by atoms with Crippen molar-refractivity contribution < 1.29 is 19.1 Å². The Morgan fingerprint density at radius 1 is 0.969 bits per heavy atom. The molecule has 2 N–H and O–H groups in total. The topological polar surface area (TPSA) is 76.7 Å². The molecule has 3 aromatic carbocycles. The quantitative estimate of drug-likeness (QED) is 0.502. The number of nitrogens with one attached hydrogen (secondary N) is 2. The monoisotopic (exact) mass is 434 g/mol. The normalized spacial score (nSPS) is 11.6. The molecule has 6 heteroatoms. The standard InChI is InChI=1S/C26H30N2O4/c1-4-14-32-23-13-12-20(15-24(23)31-3)18(2)28-26(30)17-27-25(29)16-21-10-7-9-19-8-5-6-11-22(19)21/h5-13,15,18H,4,14,16-17H2,1-3H3,(H,27,29)(H,28,30). The summed E-state index contributed by atoms with van der Waals surface area (Å²) in [6.45, 7) is 4.46. The van der Waals surface area contributed by atoms with Gasteiger partial charge < -0.3 is 20.1 Å². The second kappa shape index (κ2) is 11.2. The lowest BCUT2D eigenvalue weighted by Crippen LogP contribution is -2.38. The van der Waals surface area contributed by atoms with Crippen LogP contribution in [0.25, 0.3) is 10.8 Å². The van der Waals surface area contributed by atoms with E-state index >= 15 is 0 Å². The summed E-state index contributed by atoms with van der Waals surface area (Å²) in [6.07, 6.45) is 1.13. The fourth-order valence-corrected chi connectivity index (χ4v) is 3.52. The number of carbonyl (C=O) groups is 2. The van der Waals surface area contributed by atoms with E-state index in [-0.39, 0.29) is 30.8 Å². The molecule has 32 heavy (non-hydrogen) atoms. The largest absolute Gasteiger partial charge is 0.493 e. The smallest absolute Gasteiger partial charge is 0.239 e. The van der Waals surface area contributed by atoms with E-state index in [2.05, 4.69) is 10.6 Å². The molecular weight excluding hydrogens is 404 g/mol. The van der Waals surface area contributed by atoms with Gasteiger partial charge in [-0.3, -0.25) is 9.59 Å². The molecule has 0 aliphatic carbocycles. The van der Waals surface area contributed by atoms with Crippen molar-refractivity contribution in [1.82, 2.24) is 10.6 Å². The number of benzene rings is 3. The number of rotatable bonds is 10. The Hall–Kier alpha value is -3.54. The van der Waals surface area contributed by atoms with Gasteiger partial charge in [-0.25, -0.2) is 0 Å². The third-order valence-corrected chi connectivity index (χ3v) is 5.20. The van der Waals surface area contributed by atoms with Crippen molar-refractivity contribution in [2.24, 2.45) is 0 Å². The maximum absolute atomic E-state index is 12.4. The van der Waals surface area contributed by atoms with Gasteiger partial charge in [-0.1, -0.05) is 55.5 Å². The minimum atomic E-state index is -0.256. The number of hydrogen-bond acceptors (Lipinski definition) is 4. The molecule has 168 valence electrons. The van der Waals surface area contributed by atoms with E-state index in [1.807, 2.05) is 74.5 Å². The van der Waals surface area contributed by atoms with Crippen LogP contribution in [0.15, 0.2) is 60.7 Å². The predicted octanol–water partition coefficient (Wildman–Crippen LogP) is 4.17. The molecule has 0 heterocycles. The van der Waals surface area contributed by atoms with Crippen LogP contribution < -0.4 is 20.1 Å². The van der Waals surface area contributed by atoms with Gasteiger partial charge >= 0.3 is 0 Å². The van der Waals surface area contributed by atoms with E-state index in [1.54, 1.807) is 7.11 Å². The lowest BCUT2D eigenvalue weighted by atomic mass is 10.0. The van der Waals surface area contributed by atoms with E-state index in [0.717, 1.165) is 28.3 Å². The van der Waals surface area contributed by atoms with Gasteiger partial charge in [0.25, 0.3) is 0 Å². The highest BCUT2D eigenvalue weighted by Gasteiger charge is 2.14. The van der Waals surface area contributed by atoms with Crippen LogP contribution in [-0.4, -0.2) is 32.1 Å². The number of fused-ring (bicyclic) bond motifs is 1. The van der Waals surface area contributed by atoms with Gasteiger partial charge in [0.05, 0.1) is 32.7 Å². The van der Waals surface area contributed by atoms with Crippen molar-refractivity contribution >= 4 is 22.6 Å². The SMILES string of the molecule is CCCOc1ccc(C(C)NC(=O)CNC(=O)Cc2cccc3ccccc23)cc1OC. The summed E-state index contributed by atoms with van der Waals surface area (Å²) >= 11 is 0. The molecule has 1 atom stereocenters. The Balaban J connectivity index is 1.53. The molecule has 1 unspecified atom stereocenters. The van der Waals surface area contributed by atoms with Crippen LogP contribution >= 0.6 is 0 Å². The zero-order chi connectivity index (χ0) is 22.9. The van der Waals surface area contributed by atoms with Crippen molar-refractivity contribution in [1.29, 1.82) is 0 Å². The van der Waals surface area contributed by atoms with E-state index < -0.39 is 0 Å². The highest BCUT2D eigenvalue weighted by molar-refractivity contribution is 5.91. The van der Waals surface area contributed by atoms with E-state index in [9.17, 15) is 9.59 Å². The number of hydrogen-bond donors (Lipinski definition) is 2. The average Bonchev–Trinajstić information content (AvgIpc) is 2.81. The molecule has 3 rings (SSSR count). The summed E-state index contributed by atoms with van der Waals surface area (Å²) in [6, 6.07) is 19.2. The van der Waals surface area contributed by atoms with Gasteiger partial charge in [0.1, 0.15) is 0 Å². The number of carbonyl (C=O) groups excluding carboxylic acids is 2. The molecule has 0 spiro atoms. The van der Waals surface area contributed by atoms with Crippen LogP contribution in [0, 0.1) is 0 Å². The summed E-state index contributed by atoms with van der Waals surface area (Å²) < 4.78 is 11.1. The number of amides is 2. The maximum Gasteiger partial charge on any atom is 0.239 e. The summed E-state index contributed by atoms with van der Waals surface area (Å²) in [5.74, 6) is 0.857. The van der Waals surface area contributed by atoms with Gasteiger partial charge in [-0.2, -0.15) is 0 Å². The van der Waals surface area contributed by atoms with Crippen LogP contribution in [0.4, 0.5) is 0 Å². The van der Waals surface area contributed by atoms with Gasteiger partial charge in [-0.05, 0) is 47.4 Å². The van der Waals surface area contributed by atoms with E-state index in [1.165, 1.54) is 0 Å². The zero-order valence-electron chi connectivity index (χ0n) is 18.8. The molecule has 0 aliphatic rings. The third-order valence-electron chi connectivity index (χ3n) is 5.20. The lowest BCUT2D eigenvalue weighted by Gasteiger charge is -2.17. The van der Waals surface area contributed by atoms with Gasteiger partial charge in [0.15, 0.2) is 11.5 Å². The first-order valence-electron chi connectivity index (χ1n) is 10.8. The summed E-state index contributed by atoms with van der Waals surface area (Å²) in [4.78, 5) is 24.8. The van der Waals surface area contributed by atoms with Crippen LogP contribution in [0.1, 0.15) is 37.4 Å². The van der Waals surface area contributed by atoms with E-state index in [4.69, 9.17) is 9.47 Å². The Labute approximate surface area is 188 Å². The summed E-state index contributed by atoms with van der Waals surface area (Å²) in [5, 5.41) is 7.75. The van der Waals surface area contributed by atoms with Crippen molar-refractivity contribution in [2.45, 2.75) is 32.7 Å². The van der Waals surface area contributed by atoms with Crippen molar-refractivity contribution in [3.8, 4) is 11.5 Å². The Bertz CT molecular complexity index is 1080. The van der Waals surface area contributed by atoms with Gasteiger partial charge in [0.2, 0.25) is 11.8 Å². The van der Waals surface area contributed by atoms with Crippen LogP contribution in [0.2, 0.25) is 0 Å². The molecule has 6 nitrogen and oxygen atoms in total. The Morgan fingerprint density at radius 3 is 2.53 bits per heavy atom. The molecule has 2 amide bonds. The third kappa shape index (κ3) is 6.00. The molecule has 0 aliphatic heterocycles. The van der Waals surface area contributed by atoms with Crippen LogP contribution in [-0.2, 0) is 16.0 Å². The van der Waals surface area contributed by atoms with Gasteiger partial charge in [-0.15, -0.1) is 0 Å². The Kier molecular flexibility index (Phi) is 8.08. The van der Waals surface area contributed by atoms with E-state index in [0.29, 0.717) is 18.1 Å². The van der Waals surface area contributed by atoms with Gasteiger partial charge in [0, 0.05) is 0 Å². The second-order valence-electron chi connectivity index (χ2n) is 7.64. The molecule has 0 bridgehead atoms. The summed E-state index contributed by atoms with van der Waals surface area (Å²) in [7, 11) is 1.59. The van der Waals surface area contributed by atoms with Crippen molar-refractivity contribution in [2.75, 3.05) is 20.3 Å². The van der Waals surface area contributed by atoms with Crippen LogP contribution in [0.5, 0.6) is 11.5 Å². The highest BCUT2D eigenvalue weighted by atomic mass is 16.5. The fourth-order valence-electron chi connectivity index (χ4n) is 3.52. The first-order valence-corrected chi connectivity index (χ1v) is 10.8. The van der Waals surface area contributed by atoms with Crippen molar-refractivity contribution in [3.63, 3.8) is 0 Å². The van der Waals surface area contributed by atoms with Crippen LogP contribution in [0.3, 0.4) is 0 Å². The minimum absolute atomic E-state index is 0.0806. The second-order valence-corrected chi connectivity index (χ2v) is 7.64. The zero-order valence-corrected chi connectivity index (χ0v) is 18.8. The molecule has 0 radical (unpaired) electrons.